The number of hydrogen-bond acceptors (Lipinski definition) is 3. The maximum atomic E-state index is 6.01. The standard InChI is InChI=1S/C15H23ClN2O/c1-15(2,3)13-7-11(9-16)8-14(17-13)18-6-5-12(10-18)19-4/h7-8,12H,5-6,9-10H2,1-4H3. The third kappa shape index (κ3) is 3.40. The second-order valence-electron chi connectivity index (χ2n) is 6.19. The van der Waals surface area contributed by atoms with Gasteiger partial charge in [0.15, 0.2) is 0 Å². The Balaban J connectivity index is 2.30. The normalized spacial score (nSPS) is 20.1. The molecule has 1 unspecified atom stereocenters. The highest BCUT2D eigenvalue weighted by Crippen LogP contribution is 2.27. The van der Waals surface area contributed by atoms with E-state index in [4.69, 9.17) is 21.3 Å². The molecule has 1 atom stereocenters. The van der Waals surface area contributed by atoms with Crippen molar-refractivity contribution in [2.45, 2.75) is 44.6 Å². The number of pyridine rings is 1. The summed E-state index contributed by atoms with van der Waals surface area (Å²) in [5.41, 5.74) is 2.27. The summed E-state index contributed by atoms with van der Waals surface area (Å²) in [5, 5.41) is 0. The number of nitrogens with zero attached hydrogens (tertiary/aromatic N) is 2. The van der Waals surface area contributed by atoms with Gasteiger partial charge in [0.05, 0.1) is 6.10 Å². The van der Waals surface area contributed by atoms with Gasteiger partial charge in [0.25, 0.3) is 0 Å². The molecule has 1 aromatic heterocycles. The first-order valence-electron chi connectivity index (χ1n) is 6.79. The smallest absolute Gasteiger partial charge is 0.129 e. The predicted octanol–water partition coefficient (Wildman–Crippen LogP) is 3.34. The average Bonchev–Trinajstić information content (AvgIpc) is 2.86. The zero-order valence-electron chi connectivity index (χ0n) is 12.2. The lowest BCUT2D eigenvalue weighted by molar-refractivity contribution is 0.121. The number of alkyl halides is 1. The van der Waals surface area contributed by atoms with Crippen molar-refractivity contribution in [1.82, 2.24) is 4.98 Å². The second-order valence-corrected chi connectivity index (χ2v) is 6.46. The van der Waals surface area contributed by atoms with Crippen LogP contribution in [-0.2, 0) is 16.0 Å². The minimum Gasteiger partial charge on any atom is -0.380 e. The van der Waals surface area contributed by atoms with Gasteiger partial charge in [-0.25, -0.2) is 4.98 Å². The van der Waals surface area contributed by atoms with Crippen LogP contribution in [0.4, 0.5) is 5.82 Å². The van der Waals surface area contributed by atoms with Crippen LogP contribution in [0, 0.1) is 0 Å². The van der Waals surface area contributed by atoms with E-state index in [1.165, 1.54) is 0 Å². The highest BCUT2D eigenvalue weighted by molar-refractivity contribution is 6.17. The summed E-state index contributed by atoms with van der Waals surface area (Å²) in [5.74, 6) is 1.56. The Morgan fingerprint density at radius 3 is 2.68 bits per heavy atom. The monoisotopic (exact) mass is 282 g/mol. The first-order chi connectivity index (χ1) is 8.94. The molecule has 4 heteroatoms. The Kier molecular flexibility index (Phi) is 4.36. The number of rotatable bonds is 3. The van der Waals surface area contributed by atoms with Crippen LogP contribution in [0.15, 0.2) is 12.1 Å². The quantitative estimate of drug-likeness (QED) is 0.795. The molecule has 1 aliphatic heterocycles. The molecule has 0 radical (unpaired) electrons. The van der Waals surface area contributed by atoms with Gasteiger partial charge in [-0.15, -0.1) is 11.6 Å². The molecule has 1 aliphatic rings. The third-order valence-corrected chi connectivity index (χ3v) is 3.91. The summed E-state index contributed by atoms with van der Waals surface area (Å²) in [6, 6.07) is 4.21. The molecule has 1 saturated heterocycles. The Morgan fingerprint density at radius 1 is 1.42 bits per heavy atom. The van der Waals surface area contributed by atoms with Crippen LogP contribution >= 0.6 is 11.6 Å². The van der Waals surface area contributed by atoms with Crippen molar-refractivity contribution < 1.29 is 4.74 Å². The van der Waals surface area contributed by atoms with Crippen molar-refractivity contribution in [3.05, 3.63) is 23.4 Å². The fourth-order valence-electron chi connectivity index (χ4n) is 2.32. The molecule has 3 nitrogen and oxygen atoms in total. The second kappa shape index (κ2) is 5.68. The molecule has 2 heterocycles. The average molecular weight is 283 g/mol. The molecule has 0 bridgehead atoms. The van der Waals surface area contributed by atoms with Gasteiger partial charge in [-0.05, 0) is 24.1 Å². The van der Waals surface area contributed by atoms with Gasteiger partial charge >= 0.3 is 0 Å². The van der Waals surface area contributed by atoms with E-state index in [1.54, 1.807) is 7.11 Å². The molecule has 0 amide bonds. The van der Waals surface area contributed by atoms with Crippen molar-refractivity contribution in [2.75, 3.05) is 25.1 Å². The largest absolute Gasteiger partial charge is 0.380 e. The molecule has 1 aromatic rings. The number of aromatic nitrogens is 1. The van der Waals surface area contributed by atoms with E-state index in [-0.39, 0.29) is 5.41 Å². The van der Waals surface area contributed by atoms with Crippen molar-refractivity contribution in [3.63, 3.8) is 0 Å². The molecular weight excluding hydrogens is 260 g/mol. The highest BCUT2D eigenvalue weighted by Gasteiger charge is 2.25. The van der Waals surface area contributed by atoms with Gasteiger partial charge in [-0.2, -0.15) is 0 Å². The van der Waals surface area contributed by atoms with Crippen LogP contribution in [0.3, 0.4) is 0 Å². The van der Waals surface area contributed by atoms with E-state index < -0.39 is 0 Å². The lowest BCUT2D eigenvalue weighted by Gasteiger charge is -2.23. The minimum absolute atomic E-state index is 0.0389. The Labute approximate surface area is 120 Å². The van der Waals surface area contributed by atoms with Gasteiger partial charge in [0, 0.05) is 37.2 Å². The molecule has 2 rings (SSSR count). The molecule has 0 N–H and O–H groups in total. The number of anilines is 1. The molecule has 1 fully saturated rings. The van der Waals surface area contributed by atoms with E-state index in [0.29, 0.717) is 12.0 Å². The molecule has 0 spiro atoms. The Bertz CT molecular complexity index is 442. The van der Waals surface area contributed by atoms with E-state index in [1.807, 2.05) is 0 Å². The summed E-state index contributed by atoms with van der Waals surface area (Å²) in [6.45, 7) is 8.46. The minimum atomic E-state index is 0.0389. The number of hydrogen-bond donors (Lipinski definition) is 0. The SMILES string of the molecule is COC1CCN(c2cc(CCl)cc(C(C)(C)C)n2)C1. The zero-order chi connectivity index (χ0) is 14.0. The van der Waals surface area contributed by atoms with Gasteiger partial charge in [-0.3, -0.25) is 0 Å². The maximum absolute atomic E-state index is 6.01. The summed E-state index contributed by atoms with van der Waals surface area (Å²) >= 11 is 6.01. The topological polar surface area (TPSA) is 25.4 Å². The molecular formula is C15H23ClN2O. The van der Waals surface area contributed by atoms with E-state index in [9.17, 15) is 0 Å². The van der Waals surface area contributed by atoms with Crippen LogP contribution in [0.1, 0.15) is 38.4 Å². The van der Waals surface area contributed by atoms with Crippen molar-refractivity contribution in [1.29, 1.82) is 0 Å². The molecule has 0 aliphatic carbocycles. The van der Waals surface area contributed by atoms with Crippen LogP contribution in [0.25, 0.3) is 0 Å². The van der Waals surface area contributed by atoms with Gasteiger partial charge < -0.3 is 9.64 Å². The first kappa shape index (κ1) is 14.6. The molecule has 0 saturated carbocycles. The van der Waals surface area contributed by atoms with Crippen LogP contribution < -0.4 is 4.90 Å². The van der Waals surface area contributed by atoms with E-state index >= 15 is 0 Å². The van der Waals surface area contributed by atoms with Gasteiger partial charge in [-0.1, -0.05) is 20.8 Å². The number of methoxy groups -OCH3 is 1. The Morgan fingerprint density at radius 2 is 2.16 bits per heavy atom. The van der Waals surface area contributed by atoms with Gasteiger partial charge in [0.2, 0.25) is 0 Å². The molecule has 0 aromatic carbocycles. The predicted molar refractivity (Wildman–Crippen MR) is 80.1 cm³/mol. The first-order valence-corrected chi connectivity index (χ1v) is 7.32. The van der Waals surface area contributed by atoms with E-state index in [2.05, 4.69) is 37.8 Å². The fraction of sp³-hybridized carbons (Fsp3) is 0.667. The fourth-order valence-corrected chi connectivity index (χ4v) is 2.48. The Hall–Kier alpha value is -0.800. The van der Waals surface area contributed by atoms with Crippen molar-refractivity contribution >= 4 is 17.4 Å². The van der Waals surface area contributed by atoms with Crippen LogP contribution in [0.2, 0.25) is 0 Å². The zero-order valence-corrected chi connectivity index (χ0v) is 13.0. The molecule has 19 heavy (non-hydrogen) atoms. The van der Waals surface area contributed by atoms with Crippen LogP contribution in [-0.4, -0.2) is 31.3 Å². The summed E-state index contributed by atoms with van der Waals surface area (Å²) in [4.78, 5) is 7.11. The number of halogens is 1. The lowest BCUT2D eigenvalue weighted by atomic mass is 9.91. The third-order valence-electron chi connectivity index (χ3n) is 3.60. The number of ether oxygens (including phenoxy) is 1. The highest BCUT2D eigenvalue weighted by atomic mass is 35.5. The molecule has 106 valence electrons. The summed E-state index contributed by atoms with van der Waals surface area (Å²) in [6.07, 6.45) is 1.38. The lowest BCUT2D eigenvalue weighted by Crippen LogP contribution is -2.25. The summed E-state index contributed by atoms with van der Waals surface area (Å²) in [7, 11) is 1.78. The van der Waals surface area contributed by atoms with Gasteiger partial charge in [0.1, 0.15) is 5.82 Å². The van der Waals surface area contributed by atoms with E-state index in [0.717, 1.165) is 36.6 Å². The van der Waals surface area contributed by atoms with Crippen molar-refractivity contribution in [3.8, 4) is 0 Å². The van der Waals surface area contributed by atoms with Crippen LogP contribution in [0.5, 0.6) is 0 Å². The summed E-state index contributed by atoms with van der Waals surface area (Å²) < 4.78 is 5.42. The maximum Gasteiger partial charge on any atom is 0.129 e. The van der Waals surface area contributed by atoms with Crippen molar-refractivity contribution in [2.24, 2.45) is 0 Å².